The van der Waals surface area contributed by atoms with Crippen LogP contribution in [0.5, 0.6) is 11.5 Å². The SMILES string of the molecule is COc1cc(OC)cc(-c2noc(-c3cn[nH]c3-c3ccccc3)n2)c1. The van der Waals surface area contributed by atoms with Crippen LogP contribution in [0.4, 0.5) is 0 Å². The van der Waals surface area contributed by atoms with Crippen molar-refractivity contribution < 1.29 is 14.0 Å². The maximum absolute atomic E-state index is 5.47. The molecule has 0 bridgehead atoms. The number of benzene rings is 2. The number of H-pyrrole nitrogens is 1. The van der Waals surface area contributed by atoms with E-state index < -0.39 is 0 Å². The number of aromatic nitrogens is 4. The van der Waals surface area contributed by atoms with Crippen LogP contribution in [0.1, 0.15) is 0 Å². The standard InChI is InChI=1S/C19H16N4O3/c1-24-14-8-13(9-15(10-14)25-2)18-21-19(26-23-18)16-11-20-22-17(16)12-6-4-3-5-7-12/h3-11H,1-2H3,(H,20,22). The van der Waals surface area contributed by atoms with E-state index in [0.717, 1.165) is 22.4 Å². The summed E-state index contributed by atoms with van der Waals surface area (Å²) >= 11 is 0. The fourth-order valence-corrected chi connectivity index (χ4v) is 2.66. The molecule has 4 aromatic rings. The van der Waals surface area contributed by atoms with Crippen LogP contribution in [0.15, 0.2) is 59.3 Å². The molecule has 7 heteroatoms. The number of hydrogen-bond acceptors (Lipinski definition) is 6. The highest BCUT2D eigenvalue weighted by molar-refractivity contribution is 5.76. The third kappa shape index (κ3) is 2.90. The Labute approximate surface area is 149 Å². The van der Waals surface area contributed by atoms with E-state index in [1.165, 1.54) is 0 Å². The van der Waals surface area contributed by atoms with E-state index in [1.807, 2.05) is 42.5 Å². The van der Waals surface area contributed by atoms with Gasteiger partial charge in [0.05, 0.1) is 31.7 Å². The smallest absolute Gasteiger partial charge is 0.262 e. The molecule has 0 saturated carbocycles. The molecule has 0 fully saturated rings. The molecule has 0 radical (unpaired) electrons. The number of aromatic amines is 1. The number of nitrogens with one attached hydrogen (secondary N) is 1. The monoisotopic (exact) mass is 348 g/mol. The highest BCUT2D eigenvalue weighted by Gasteiger charge is 2.18. The van der Waals surface area contributed by atoms with Gasteiger partial charge in [-0.3, -0.25) is 5.10 Å². The molecule has 0 saturated heterocycles. The largest absolute Gasteiger partial charge is 0.497 e. The number of methoxy groups -OCH3 is 2. The fourth-order valence-electron chi connectivity index (χ4n) is 2.66. The highest BCUT2D eigenvalue weighted by Crippen LogP contribution is 2.32. The lowest BCUT2D eigenvalue weighted by Crippen LogP contribution is -1.90. The molecule has 0 aliphatic heterocycles. The van der Waals surface area contributed by atoms with Crippen LogP contribution in [-0.2, 0) is 0 Å². The molecule has 0 atom stereocenters. The molecule has 0 spiro atoms. The number of ether oxygens (including phenoxy) is 2. The number of hydrogen-bond donors (Lipinski definition) is 1. The van der Waals surface area contributed by atoms with Crippen molar-refractivity contribution in [3.8, 4) is 45.6 Å². The molecule has 1 N–H and O–H groups in total. The van der Waals surface area contributed by atoms with Crippen LogP contribution < -0.4 is 9.47 Å². The van der Waals surface area contributed by atoms with Gasteiger partial charge in [0.25, 0.3) is 5.89 Å². The van der Waals surface area contributed by atoms with Gasteiger partial charge in [-0.2, -0.15) is 10.1 Å². The predicted octanol–water partition coefficient (Wildman–Crippen LogP) is 3.81. The summed E-state index contributed by atoms with van der Waals surface area (Å²) in [6, 6.07) is 15.3. The molecule has 26 heavy (non-hydrogen) atoms. The first-order valence-corrected chi connectivity index (χ1v) is 7.95. The summed E-state index contributed by atoms with van der Waals surface area (Å²) in [5, 5.41) is 11.2. The third-order valence-electron chi connectivity index (χ3n) is 3.97. The van der Waals surface area contributed by atoms with Crippen LogP contribution in [0.2, 0.25) is 0 Å². The van der Waals surface area contributed by atoms with Crippen LogP contribution in [0.3, 0.4) is 0 Å². The molecule has 2 aromatic heterocycles. The van der Waals surface area contributed by atoms with Crippen LogP contribution >= 0.6 is 0 Å². The third-order valence-corrected chi connectivity index (χ3v) is 3.97. The Morgan fingerprint density at radius 3 is 2.35 bits per heavy atom. The second kappa shape index (κ2) is 6.72. The molecular weight excluding hydrogens is 332 g/mol. The zero-order chi connectivity index (χ0) is 17.9. The molecular formula is C19H16N4O3. The van der Waals surface area contributed by atoms with E-state index in [-0.39, 0.29) is 0 Å². The fraction of sp³-hybridized carbons (Fsp3) is 0.105. The summed E-state index contributed by atoms with van der Waals surface area (Å²) < 4.78 is 16.1. The Morgan fingerprint density at radius 1 is 0.923 bits per heavy atom. The lowest BCUT2D eigenvalue weighted by molar-refractivity contribution is 0.394. The first kappa shape index (κ1) is 15.9. The van der Waals surface area contributed by atoms with Gasteiger partial charge >= 0.3 is 0 Å². The summed E-state index contributed by atoms with van der Waals surface area (Å²) in [6.07, 6.45) is 1.67. The van der Waals surface area contributed by atoms with Crippen molar-refractivity contribution in [2.45, 2.75) is 0 Å². The van der Waals surface area contributed by atoms with E-state index in [9.17, 15) is 0 Å². The average molecular weight is 348 g/mol. The van der Waals surface area contributed by atoms with Crippen molar-refractivity contribution >= 4 is 0 Å². The van der Waals surface area contributed by atoms with Gasteiger partial charge < -0.3 is 14.0 Å². The second-order valence-electron chi connectivity index (χ2n) is 5.55. The lowest BCUT2D eigenvalue weighted by Gasteiger charge is -2.05. The van der Waals surface area contributed by atoms with E-state index in [4.69, 9.17) is 14.0 Å². The molecule has 2 heterocycles. The van der Waals surface area contributed by atoms with Crippen molar-refractivity contribution in [1.29, 1.82) is 0 Å². The van der Waals surface area contributed by atoms with E-state index in [1.54, 1.807) is 26.5 Å². The maximum Gasteiger partial charge on any atom is 0.262 e. The van der Waals surface area contributed by atoms with Crippen LogP contribution in [0.25, 0.3) is 34.1 Å². The Kier molecular flexibility index (Phi) is 4.10. The first-order chi connectivity index (χ1) is 12.8. The maximum atomic E-state index is 5.47. The minimum absolute atomic E-state index is 0.384. The van der Waals surface area contributed by atoms with Crippen molar-refractivity contribution in [3.63, 3.8) is 0 Å². The average Bonchev–Trinajstić information content (AvgIpc) is 3.37. The second-order valence-corrected chi connectivity index (χ2v) is 5.55. The van der Waals surface area contributed by atoms with Crippen molar-refractivity contribution in [1.82, 2.24) is 20.3 Å². The van der Waals surface area contributed by atoms with Crippen molar-refractivity contribution in [2.24, 2.45) is 0 Å². The lowest BCUT2D eigenvalue weighted by atomic mass is 10.1. The predicted molar refractivity (Wildman–Crippen MR) is 95.9 cm³/mol. The molecule has 0 aliphatic carbocycles. The molecule has 130 valence electrons. The van der Waals surface area contributed by atoms with Crippen LogP contribution in [0, 0.1) is 0 Å². The number of nitrogens with zero attached hydrogens (tertiary/aromatic N) is 3. The Bertz CT molecular complexity index is 1000. The molecule has 2 aromatic carbocycles. The minimum atomic E-state index is 0.384. The summed E-state index contributed by atoms with van der Waals surface area (Å²) in [5.41, 5.74) is 3.29. The van der Waals surface area contributed by atoms with Gasteiger partial charge in [-0.25, -0.2) is 0 Å². The van der Waals surface area contributed by atoms with Gasteiger partial charge in [0.2, 0.25) is 5.82 Å². The number of rotatable bonds is 5. The van der Waals surface area contributed by atoms with Gasteiger partial charge in [-0.05, 0) is 12.1 Å². The van der Waals surface area contributed by atoms with Gasteiger partial charge in [0.15, 0.2) is 0 Å². The summed E-state index contributed by atoms with van der Waals surface area (Å²) in [7, 11) is 3.19. The summed E-state index contributed by atoms with van der Waals surface area (Å²) in [5.74, 6) is 2.13. The molecule has 7 nitrogen and oxygen atoms in total. The van der Waals surface area contributed by atoms with Gasteiger partial charge in [0, 0.05) is 17.2 Å². The van der Waals surface area contributed by atoms with E-state index >= 15 is 0 Å². The Balaban J connectivity index is 1.74. The molecule has 0 amide bonds. The normalized spacial score (nSPS) is 10.7. The molecule has 0 unspecified atom stereocenters. The van der Waals surface area contributed by atoms with Crippen molar-refractivity contribution in [2.75, 3.05) is 14.2 Å². The molecule has 4 rings (SSSR count). The van der Waals surface area contributed by atoms with E-state index in [2.05, 4.69) is 20.3 Å². The van der Waals surface area contributed by atoms with E-state index in [0.29, 0.717) is 23.2 Å². The summed E-state index contributed by atoms with van der Waals surface area (Å²) in [6.45, 7) is 0. The van der Waals surface area contributed by atoms with Crippen LogP contribution in [-0.4, -0.2) is 34.6 Å². The minimum Gasteiger partial charge on any atom is -0.497 e. The van der Waals surface area contributed by atoms with Gasteiger partial charge in [-0.1, -0.05) is 35.5 Å². The highest BCUT2D eigenvalue weighted by atomic mass is 16.5. The van der Waals surface area contributed by atoms with Gasteiger partial charge in [-0.15, -0.1) is 0 Å². The van der Waals surface area contributed by atoms with Crippen molar-refractivity contribution in [3.05, 3.63) is 54.7 Å². The Morgan fingerprint density at radius 2 is 1.65 bits per heavy atom. The zero-order valence-corrected chi connectivity index (χ0v) is 14.3. The zero-order valence-electron chi connectivity index (χ0n) is 14.3. The quantitative estimate of drug-likeness (QED) is 0.590. The topological polar surface area (TPSA) is 86.1 Å². The molecule has 0 aliphatic rings. The summed E-state index contributed by atoms with van der Waals surface area (Å²) in [4.78, 5) is 4.51. The Hall–Kier alpha value is -3.61. The first-order valence-electron chi connectivity index (χ1n) is 7.95. The van der Waals surface area contributed by atoms with Gasteiger partial charge in [0.1, 0.15) is 11.5 Å².